The van der Waals surface area contributed by atoms with E-state index in [9.17, 15) is 4.79 Å². The van der Waals surface area contributed by atoms with Crippen molar-refractivity contribution in [1.29, 1.82) is 0 Å². The molecule has 1 aromatic rings. The molecule has 1 amide bonds. The third-order valence-electron chi connectivity index (χ3n) is 3.22. The van der Waals surface area contributed by atoms with E-state index in [1.54, 1.807) is 20.3 Å². The number of amides is 1. The molecule has 0 saturated heterocycles. The van der Waals surface area contributed by atoms with E-state index in [2.05, 4.69) is 12.2 Å². The molecule has 0 spiro atoms. The van der Waals surface area contributed by atoms with E-state index in [0.29, 0.717) is 24.7 Å². The predicted molar refractivity (Wildman–Crippen MR) is 91.9 cm³/mol. The lowest BCUT2D eigenvalue weighted by Gasteiger charge is -2.12. The van der Waals surface area contributed by atoms with E-state index in [1.165, 1.54) is 6.08 Å². The predicted octanol–water partition coefficient (Wildman–Crippen LogP) is 3.04. The third kappa shape index (κ3) is 7.19. The van der Waals surface area contributed by atoms with Gasteiger partial charge in [-0.2, -0.15) is 0 Å². The molecule has 0 saturated carbocycles. The number of hydrogen-bond donors (Lipinski definition) is 1. The summed E-state index contributed by atoms with van der Waals surface area (Å²) in [4.78, 5) is 11.9. The monoisotopic (exact) mass is 321 g/mol. The molecular weight excluding hydrogens is 294 g/mol. The highest BCUT2D eigenvalue weighted by Gasteiger charge is 2.06. The summed E-state index contributed by atoms with van der Waals surface area (Å²) in [5, 5.41) is 2.89. The van der Waals surface area contributed by atoms with Crippen LogP contribution >= 0.6 is 0 Å². The molecule has 0 heterocycles. The Morgan fingerprint density at radius 3 is 2.70 bits per heavy atom. The minimum Gasteiger partial charge on any atom is -0.493 e. The topological polar surface area (TPSA) is 56.8 Å². The van der Waals surface area contributed by atoms with Crippen LogP contribution in [0.25, 0.3) is 6.08 Å². The maximum Gasteiger partial charge on any atom is 0.244 e. The molecule has 1 unspecified atom stereocenters. The Bertz CT molecular complexity index is 514. The zero-order chi connectivity index (χ0) is 17.1. The first-order chi connectivity index (χ1) is 11.1. The Morgan fingerprint density at radius 1 is 1.26 bits per heavy atom. The second kappa shape index (κ2) is 10.7. The highest BCUT2D eigenvalue weighted by Crippen LogP contribution is 2.28. The van der Waals surface area contributed by atoms with E-state index < -0.39 is 0 Å². The Hall–Kier alpha value is -2.01. The maximum absolute atomic E-state index is 11.9. The minimum absolute atomic E-state index is 0.0754. The molecule has 0 aliphatic carbocycles. The Kier molecular flexibility index (Phi) is 8.83. The lowest BCUT2D eigenvalue weighted by Crippen LogP contribution is -2.31. The molecule has 0 fully saturated rings. The fraction of sp³-hybridized carbons (Fsp3) is 0.500. The van der Waals surface area contributed by atoms with Gasteiger partial charge in [-0.1, -0.05) is 13.0 Å². The molecule has 0 bridgehead atoms. The summed E-state index contributed by atoms with van der Waals surface area (Å²) in [7, 11) is 3.25. The normalized spacial score (nSPS) is 12.2. The van der Waals surface area contributed by atoms with Gasteiger partial charge in [-0.25, -0.2) is 0 Å². The van der Waals surface area contributed by atoms with Crippen LogP contribution in [0.15, 0.2) is 24.3 Å². The van der Waals surface area contributed by atoms with Crippen LogP contribution in [0, 0.1) is 0 Å². The molecule has 5 nitrogen and oxygen atoms in total. The third-order valence-corrected chi connectivity index (χ3v) is 3.22. The second-order valence-corrected chi connectivity index (χ2v) is 5.28. The van der Waals surface area contributed by atoms with Crippen LogP contribution in [0.4, 0.5) is 0 Å². The number of ether oxygens (including phenoxy) is 3. The molecule has 1 atom stereocenters. The van der Waals surface area contributed by atoms with Crippen molar-refractivity contribution in [2.24, 2.45) is 0 Å². The average molecular weight is 321 g/mol. The maximum atomic E-state index is 11.9. The molecule has 1 aromatic carbocycles. The van der Waals surface area contributed by atoms with Gasteiger partial charge in [-0.05, 0) is 43.5 Å². The number of nitrogens with one attached hydrogen (secondary N) is 1. The van der Waals surface area contributed by atoms with Crippen molar-refractivity contribution < 1.29 is 19.0 Å². The lowest BCUT2D eigenvalue weighted by molar-refractivity contribution is -0.117. The van der Waals surface area contributed by atoms with Gasteiger partial charge in [-0.15, -0.1) is 0 Å². The van der Waals surface area contributed by atoms with Crippen LogP contribution in [0.5, 0.6) is 11.5 Å². The van der Waals surface area contributed by atoms with Crippen molar-refractivity contribution in [3.8, 4) is 11.5 Å². The smallest absolute Gasteiger partial charge is 0.244 e. The van der Waals surface area contributed by atoms with Crippen LogP contribution in [-0.4, -0.2) is 39.4 Å². The van der Waals surface area contributed by atoms with Gasteiger partial charge in [0.15, 0.2) is 11.5 Å². The highest BCUT2D eigenvalue weighted by atomic mass is 16.5. The van der Waals surface area contributed by atoms with Crippen LogP contribution in [0.2, 0.25) is 0 Å². The molecule has 0 radical (unpaired) electrons. The fourth-order valence-electron chi connectivity index (χ4n) is 1.95. The molecule has 1 rings (SSSR count). The van der Waals surface area contributed by atoms with Crippen molar-refractivity contribution >= 4 is 12.0 Å². The van der Waals surface area contributed by atoms with Crippen molar-refractivity contribution in [3.05, 3.63) is 29.8 Å². The van der Waals surface area contributed by atoms with Gasteiger partial charge in [0.1, 0.15) is 0 Å². The van der Waals surface area contributed by atoms with E-state index in [0.717, 1.165) is 18.4 Å². The Balaban J connectivity index is 2.63. The summed E-state index contributed by atoms with van der Waals surface area (Å²) < 4.78 is 15.9. The molecular formula is C18H27NO4. The van der Waals surface area contributed by atoms with Gasteiger partial charge in [0.2, 0.25) is 5.91 Å². The quantitative estimate of drug-likeness (QED) is 0.673. The Morgan fingerprint density at radius 2 is 2.04 bits per heavy atom. The van der Waals surface area contributed by atoms with E-state index in [-0.39, 0.29) is 11.9 Å². The first-order valence-corrected chi connectivity index (χ1v) is 7.89. The summed E-state index contributed by atoms with van der Waals surface area (Å²) in [5.41, 5.74) is 0.880. The van der Waals surface area contributed by atoms with E-state index in [4.69, 9.17) is 14.2 Å². The zero-order valence-electron chi connectivity index (χ0n) is 14.4. The van der Waals surface area contributed by atoms with Gasteiger partial charge < -0.3 is 19.5 Å². The summed E-state index contributed by atoms with van der Waals surface area (Å²) in [6, 6.07) is 5.67. The number of hydrogen-bond acceptors (Lipinski definition) is 4. The van der Waals surface area contributed by atoms with Crippen LogP contribution in [0.3, 0.4) is 0 Å². The molecule has 1 N–H and O–H groups in total. The van der Waals surface area contributed by atoms with E-state index >= 15 is 0 Å². The number of carbonyl (C=O) groups is 1. The highest BCUT2D eigenvalue weighted by molar-refractivity contribution is 5.91. The van der Waals surface area contributed by atoms with Crippen molar-refractivity contribution in [1.82, 2.24) is 5.32 Å². The van der Waals surface area contributed by atoms with Crippen molar-refractivity contribution in [3.63, 3.8) is 0 Å². The first kappa shape index (κ1) is 19.0. The molecule has 5 heteroatoms. The van der Waals surface area contributed by atoms with Gasteiger partial charge in [0, 0.05) is 25.8 Å². The first-order valence-electron chi connectivity index (χ1n) is 7.89. The molecule has 23 heavy (non-hydrogen) atoms. The van der Waals surface area contributed by atoms with Crippen LogP contribution in [0.1, 0.15) is 32.3 Å². The van der Waals surface area contributed by atoms with Gasteiger partial charge >= 0.3 is 0 Å². The molecule has 128 valence electrons. The second-order valence-electron chi connectivity index (χ2n) is 5.28. The Labute approximate surface area is 138 Å². The molecule has 0 aliphatic rings. The minimum atomic E-state index is -0.126. The largest absolute Gasteiger partial charge is 0.493 e. The molecule has 0 aliphatic heterocycles. The zero-order valence-corrected chi connectivity index (χ0v) is 14.4. The van der Waals surface area contributed by atoms with Crippen molar-refractivity contribution in [2.75, 3.05) is 27.4 Å². The number of rotatable bonds is 10. The summed E-state index contributed by atoms with van der Waals surface area (Å²) in [6.07, 6.45) is 4.99. The number of carbonyl (C=O) groups excluding carboxylic acids is 1. The van der Waals surface area contributed by atoms with Crippen LogP contribution < -0.4 is 14.8 Å². The molecule has 0 aromatic heterocycles. The standard InChI is InChI=1S/C18H27NO4/c1-5-11-23-16-8-6-15(13-17(16)22-4)7-9-18(20)19-14(2)10-12-21-3/h6-9,13-14H,5,10-12H2,1-4H3,(H,19,20). The van der Waals surface area contributed by atoms with Gasteiger partial charge in [0.25, 0.3) is 0 Å². The van der Waals surface area contributed by atoms with E-state index in [1.807, 2.05) is 25.1 Å². The summed E-state index contributed by atoms with van der Waals surface area (Å²) in [6.45, 7) is 5.28. The summed E-state index contributed by atoms with van der Waals surface area (Å²) in [5.74, 6) is 1.25. The fourth-order valence-corrected chi connectivity index (χ4v) is 1.95. The van der Waals surface area contributed by atoms with Gasteiger partial charge in [-0.3, -0.25) is 4.79 Å². The van der Waals surface area contributed by atoms with Crippen molar-refractivity contribution in [2.45, 2.75) is 32.7 Å². The lowest BCUT2D eigenvalue weighted by atomic mass is 10.2. The SMILES string of the molecule is CCCOc1ccc(C=CC(=O)NC(C)CCOC)cc1OC. The number of methoxy groups -OCH3 is 2. The summed E-state index contributed by atoms with van der Waals surface area (Å²) >= 11 is 0. The number of benzene rings is 1. The van der Waals surface area contributed by atoms with Crippen LogP contribution in [-0.2, 0) is 9.53 Å². The average Bonchev–Trinajstić information content (AvgIpc) is 2.56. The van der Waals surface area contributed by atoms with Gasteiger partial charge in [0.05, 0.1) is 13.7 Å².